The summed E-state index contributed by atoms with van der Waals surface area (Å²) in [7, 11) is 0. The molecule has 1 aromatic carbocycles. The molecule has 1 aliphatic rings. The Hall–Kier alpha value is -2.87. The summed E-state index contributed by atoms with van der Waals surface area (Å²) in [6.07, 6.45) is 3.70. The Morgan fingerprint density at radius 1 is 1.03 bits per heavy atom. The molecule has 0 aliphatic carbocycles. The van der Waals surface area contributed by atoms with E-state index in [0.29, 0.717) is 18.3 Å². The van der Waals surface area contributed by atoms with Crippen LogP contribution in [0.5, 0.6) is 0 Å². The number of benzene rings is 1. The van der Waals surface area contributed by atoms with Crippen LogP contribution < -0.4 is 10.2 Å². The van der Waals surface area contributed by atoms with Gasteiger partial charge in [-0.15, -0.1) is 11.3 Å². The zero-order valence-corrected chi connectivity index (χ0v) is 17.8. The number of hydrogen-bond acceptors (Lipinski definition) is 6. The van der Waals surface area contributed by atoms with E-state index in [2.05, 4.69) is 44.6 Å². The highest BCUT2D eigenvalue weighted by molar-refractivity contribution is 7.13. The number of thiophene rings is 1. The van der Waals surface area contributed by atoms with Gasteiger partial charge in [0.05, 0.1) is 4.88 Å². The quantitative estimate of drug-likeness (QED) is 0.551. The van der Waals surface area contributed by atoms with Gasteiger partial charge in [0.2, 0.25) is 11.7 Å². The molecule has 30 heavy (non-hydrogen) atoms. The number of nitrogens with one attached hydrogen (secondary N) is 1. The number of para-hydroxylation sites is 1. The molecule has 0 atom stereocenters. The van der Waals surface area contributed by atoms with Gasteiger partial charge < -0.3 is 19.6 Å². The lowest BCUT2D eigenvalue weighted by Gasteiger charge is -2.36. The lowest BCUT2D eigenvalue weighted by Crippen LogP contribution is -2.52. The molecule has 2 amide bonds. The molecule has 0 spiro atoms. The van der Waals surface area contributed by atoms with Gasteiger partial charge in [-0.2, -0.15) is 4.98 Å². The fourth-order valence-corrected chi connectivity index (χ4v) is 4.20. The largest absolute Gasteiger partial charge is 0.368 e. The second-order valence-corrected chi connectivity index (χ2v) is 8.29. The predicted molar refractivity (Wildman–Crippen MR) is 119 cm³/mol. The molecule has 3 aromatic rings. The first kappa shape index (κ1) is 20.4. The van der Waals surface area contributed by atoms with E-state index in [4.69, 9.17) is 4.52 Å². The van der Waals surface area contributed by atoms with Crippen molar-refractivity contribution >= 4 is 23.1 Å². The Morgan fingerprint density at radius 2 is 1.87 bits per heavy atom. The molecule has 1 saturated heterocycles. The van der Waals surface area contributed by atoms with Gasteiger partial charge in [-0.05, 0) is 36.4 Å². The molecule has 1 aliphatic heterocycles. The zero-order valence-electron chi connectivity index (χ0n) is 17.0. The van der Waals surface area contributed by atoms with Crippen LogP contribution in [-0.2, 0) is 6.42 Å². The zero-order chi connectivity index (χ0) is 20.6. The maximum absolute atomic E-state index is 12.4. The number of rotatable bonds is 8. The highest BCUT2D eigenvalue weighted by Gasteiger charge is 2.20. The molecule has 8 heteroatoms. The second kappa shape index (κ2) is 10.2. The Morgan fingerprint density at radius 3 is 2.63 bits per heavy atom. The van der Waals surface area contributed by atoms with Gasteiger partial charge in [0.25, 0.3) is 0 Å². The number of anilines is 1. The normalized spacial score (nSPS) is 14.1. The van der Waals surface area contributed by atoms with E-state index in [1.165, 1.54) is 5.69 Å². The van der Waals surface area contributed by atoms with E-state index >= 15 is 0 Å². The summed E-state index contributed by atoms with van der Waals surface area (Å²) in [5, 5.41) is 9.08. The minimum atomic E-state index is 0.0419. The van der Waals surface area contributed by atoms with E-state index in [-0.39, 0.29) is 6.03 Å². The van der Waals surface area contributed by atoms with Gasteiger partial charge in [0, 0.05) is 44.8 Å². The van der Waals surface area contributed by atoms with Crippen molar-refractivity contribution in [1.29, 1.82) is 0 Å². The third-order valence-corrected chi connectivity index (χ3v) is 6.11. The first-order chi connectivity index (χ1) is 14.8. The summed E-state index contributed by atoms with van der Waals surface area (Å²) < 4.78 is 5.32. The summed E-state index contributed by atoms with van der Waals surface area (Å²) in [6.45, 7) is 3.95. The first-order valence-corrected chi connectivity index (χ1v) is 11.4. The SMILES string of the molecule is O=C(NCCCCCc1nc(-c2cccs2)no1)N1CCN(c2ccccc2)CC1. The fraction of sp³-hybridized carbons (Fsp3) is 0.409. The number of carbonyl (C=O) groups is 1. The Kier molecular flexibility index (Phi) is 6.97. The van der Waals surface area contributed by atoms with Crippen LogP contribution in [-0.4, -0.2) is 53.8 Å². The maximum Gasteiger partial charge on any atom is 0.317 e. The average molecular weight is 426 g/mol. The summed E-state index contributed by atoms with van der Waals surface area (Å²) in [5.41, 5.74) is 1.22. The molecule has 3 heterocycles. The fourth-order valence-electron chi connectivity index (χ4n) is 3.55. The van der Waals surface area contributed by atoms with Crippen LogP contribution >= 0.6 is 11.3 Å². The molecule has 0 saturated carbocycles. The summed E-state index contributed by atoms with van der Waals surface area (Å²) in [5.74, 6) is 1.35. The Balaban J connectivity index is 1.08. The number of aromatic nitrogens is 2. The van der Waals surface area contributed by atoms with Gasteiger partial charge in [0.15, 0.2) is 0 Å². The van der Waals surface area contributed by atoms with Crippen molar-refractivity contribution in [3.63, 3.8) is 0 Å². The molecule has 0 bridgehead atoms. The molecule has 158 valence electrons. The monoisotopic (exact) mass is 425 g/mol. The van der Waals surface area contributed by atoms with Gasteiger partial charge in [0.1, 0.15) is 0 Å². The van der Waals surface area contributed by atoms with Gasteiger partial charge in [-0.1, -0.05) is 35.8 Å². The van der Waals surface area contributed by atoms with E-state index in [0.717, 1.165) is 56.7 Å². The molecule has 2 aromatic heterocycles. The molecule has 1 fully saturated rings. The number of aryl methyl sites for hydroxylation is 1. The summed E-state index contributed by atoms with van der Waals surface area (Å²) >= 11 is 1.61. The van der Waals surface area contributed by atoms with Crippen LogP contribution in [0.1, 0.15) is 25.2 Å². The average Bonchev–Trinajstić information content (AvgIpc) is 3.49. The molecule has 7 nitrogen and oxygen atoms in total. The Labute approximate surface area is 180 Å². The van der Waals surface area contributed by atoms with Gasteiger partial charge in [-0.25, -0.2) is 4.79 Å². The number of carbonyl (C=O) groups excluding carboxylic acids is 1. The van der Waals surface area contributed by atoms with Crippen molar-refractivity contribution in [3.05, 3.63) is 53.7 Å². The number of piperazine rings is 1. The molecule has 4 rings (SSSR count). The van der Waals surface area contributed by atoms with Crippen molar-refractivity contribution in [3.8, 4) is 10.7 Å². The minimum absolute atomic E-state index is 0.0419. The van der Waals surface area contributed by atoms with Gasteiger partial charge >= 0.3 is 6.03 Å². The molecular weight excluding hydrogens is 398 g/mol. The second-order valence-electron chi connectivity index (χ2n) is 7.34. The summed E-state index contributed by atoms with van der Waals surface area (Å²) in [6, 6.07) is 14.4. The molecule has 0 radical (unpaired) electrons. The van der Waals surface area contributed by atoms with E-state index in [1.54, 1.807) is 11.3 Å². The van der Waals surface area contributed by atoms with Crippen molar-refractivity contribution in [1.82, 2.24) is 20.4 Å². The number of nitrogens with zero attached hydrogens (tertiary/aromatic N) is 4. The third-order valence-electron chi connectivity index (χ3n) is 5.24. The number of amides is 2. The van der Waals surface area contributed by atoms with Crippen LogP contribution in [0.3, 0.4) is 0 Å². The van der Waals surface area contributed by atoms with Crippen molar-refractivity contribution in [2.45, 2.75) is 25.7 Å². The molecule has 0 unspecified atom stereocenters. The van der Waals surface area contributed by atoms with Crippen LogP contribution in [0.2, 0.25) is 0 Å². The standard InChI is InChI=1S/C22H27N5O2S/c28-22(27-15-13-26(14-16-27)18-8-3-1-4-9-18)23-12-6-2-5-11-20-24-21(25-29-20)19-10-7-17-30-19/h1,3-4,7-10,17H,2,5-6,11-16H2,(H,23,28). The number of urea groups is 1. The highest BCUT2D eigenvalue weighted by Crippen LogP contribution is 2.21. The Bertz CT molecular complexity index is 905. The first-order valence-electron chi connectivity index (χ1n) is 10.5. The van der Waals surface area contributed by atoms with Crippen molar-refractivity contribution < 1.29 is 9.32 Å². The molecular formula is C22H27N5O2S. The smallest absolute Gasteiger partial charge is 0.317 e. The minimum Gasteiger partial charge on any atom is -0.368 e. The number of unbranched alkanes of at least 4 members (excludes halogenated alkanes) is 2. The molecule has 1 N–H and O–H groups in total. The van der Waals surface area contributed by atoms with E-state index < -0.39 is 0 Å². The summed E-state index contributed by atoms with van der Waals surface area (Å²) in [4.78, 5) is 22.1. The maximum atomic E-state index is 12.4. The number of hydrogen-bond donors (Lipinski definition) is 1. The highest BCUT2D eigenvalue weighted by atomic mass is 32.1. The lowest BCUT2D eigenvalue weighted by atomic mass is 10.2. The van der Waals surface area contributed by atoms with Crippen LogP contribution in [0, 0.1) is 0 Å². The topological polar surface area (TPSA) is 74.5 Å². The predicted octanol–water partition coefficient (Wildman–Crippen LogP) is 4.04. The van der Waals surface area contributed by atoms with Gasteiger partial charge in [-0.3, -0.25) is 0 Å². The van der Waals surface area contributed by atoms with Crippen molar-refractivity contribution in [2.75, 3.05) is 37.6 Å². The van der Waals surface area contributed by atoms with E-state index in [9.17, 15) is 4.79 Å². The third kappa shape index (κ3) is 5.38. The van der Waals surface area contributed by atoms with Crippen LogP contribution in [0.25, 0.3) is 10.7 Å². The van der Waals surface area contributed by atoms with Crippen molar-refractivity contribution in [2.24, 2.45) is 0 Å². The lowest BCUT2D eigenvalue weighted by molar-refractivity contribution is 0.194. The van der Waals surface area contributed by atoms with E-state index in [1.807, 2.05) is 28.5 Å². The van der Waals surface area contributed by atoms with Crippen LogP contribution in [0.15, 0.2) is 52.4 Å². The van der Waals surface area contributed by atoms with Crippen LogP contribution in [0.4, 0.5) is 10.5 Å².